The Hall–Kier alpha value is -1.59. The number of nitrogens with zero attached hydrogens (tertiary/aromatic N) is 1. The van der Waals surface area contributed by atoms with Crippen LogP contribution in [0.2, 0.25) is 0 Å². The van der Waals surface area contributed by atoms with Gasteiger partial charge in [-0.1, -0.05) is 31.4 Å². The van der Waals surface area contributed by atoms with Gasteiger partial charge >= 0.3 is 0 Å². The van der Waals surface area contributed by atoms with Gasteiger partial charge in [0.1, 0.15) is 0 Å². The molecule has 0 atom stereocenters. The quantitative estimate of drug-likeness (QED) is 0.860. The van der Waals surface area contributed by atoms with Crippen LogP contribution in [0.5, 0.6) is 0 Å². The number of likely N-dealkylation sites (tertiary alicyclic amines) is 1. The van der Waals surface area contributed by atoms with Crippen molar-refractivity contribution in [3.8, 4) is 0 Å². The maximum Gasteiger partial charge on any atom is 0.244 e. The van der Waals surface area contributed by atoms with Gasteiger partial charge in [-0.2, -0.15) is 0 Å². The second kappa shape index (κ2) is 8.68. The molecule has 0 radical (unpaired) electrons. The SMILES string of the molecule is Cl.NC1(C(=O)Nc2cccc(CN3CCCCC3=O)c2)CCCCC1. The zero-order valence-electron chi connectivity index (χ0n) is 14.6. The third kappa shape index (κ3) is 4.95. The van der Waals surface area contributed by atoms with Gasteiger partial charge < -0.3 is 16.0 Å². The molecule has 6 heteroatoms. The number of benzene rings is 1. The lowest BCUT2D eigenvalue weighted by Gasteiger charge is -2.32. The number of nitrogens with two attached hydrogens (primary N) is 1. The number of carbonyl (C=O) groups excluding carboxylic acids is 2. The summed E-state index contributed by atoms with van der Waals surface area (Å²) in [6, 6.07) is 7.75. The van der Waals surface area contributed by atoms with Gasteiger partial charge in [0.25, 0.3) is 0 Å². The molecule has 1 aromatic rings. The first-order valence-electron chi connectivity index (χ1n) is 9.04. The summed E-state index contributed by atoms with van der Waals surface area (Å²) in [4.78, 5) is 26.4. The summed E-state index contributed by atoms with van der Waals surface area (Å²) in [5.41, 5.74) is 7.35. The number of amides is 2. The highest BCUT2D eigenvalue weighted by Gasteiger charge is 2.35. The topological polar surface area (TPSA) is 75.4 Å². The molecule has 1 heterocycles. The fourth-order valence-corrected chi connectivity index (χ4v) is 3.66. The highest BCUT2D eigenvalue weighted by Crippen LogP contribution is 2.27. The number of nitrogens with one attached hydrogen (secondary N) is 1. The van der Waals surface area contributed by atoms with E-state index in [9.17, 15) is 9.59 Å². The van der Waals surface area contributed by atoms with Gasteiger partial charge in [0, 0.05) is 25.2 Å². The van der Waals surface area contributed by atoms with Crippen LogP contribution in [0.1, 0.15) is 56.9 Å². The minimum atomic E-state index is -0.739. The van der Waals surface area contributed by atoms with Gasteiger partial charge in [-0.05, 0) is 43.4 Å². The fraction of sp³-hybridized carbons (Fsp3) is 0.579. The Morgan fingerprint density at radius 3 is 2.64 bits per heavy atom. The Kier molecular flexibility index (Phi) is 6.85. The first-order valence-corrected chi connectivity index (χ1v) is 9.04. The lowest BCUT2D eigenvalue weighted by molar-refractivity contribution is -0.133. The first kappa shape index (κ1) is 19.7. The molecule has 0 unspecified atom stereocenters. The molecule has 3 rings (SSSR count). The largest absolute Gasteiger partial charge is 0.338 e. The summed E-state index contributed by atoms with van der Waals surface area (Å²) in [6.07, 6.45) is 7.39. The zero-order valence-corrected chi connectivity index (χ0v) is 15.4. The van der Waals surface area contributed by atoms with E-state index in [4.69, 9.17) is 5.73 Å². The molecule has 5 nitrogen and oxygen atoms in total. The number of rotatable bonds is 4. The van der Waals surface area contributed by atoms with Gasteiger partial charge in [0.2, 0.25) is 11.8 Å². The van der Waals surface area contributed by atoms with E-state index in [1.54, 1.807) is 0 Å². The van der Waals surface area contributed by atoms with Crippen LogP contribution in [0.4, 0.5) is 5.69 Å². The van der Waals surface area contributed by atoms with Crippen molar-refractivity contribution < 1.29 is 9.59 Å². The molecule has 0 aromatic heterocycles. The Morgan fingerprint density at radius 2 is 1.92 bits per heavy atom. The monoisotopic (exact) mass is 365 g/mol. The molecule has 1 saturated carbocycles. The highest BCUT2D eigenvalue weighted by atomic mass is 35.5. The van der Waals surface area contributed by atoms with Crippen LogP contribution in [0.3, 0.4) is 0 Å². The van der Waals surface area contributed by atoms with Crippen LogP contribution in [-0.2, 0) is 16.1 Å². The lowest BCUT2D eigenvalue weighted by Crippen LogP contribution is -2.52. The van der Waals surface area contributed by atoms with E-state index in [1.807, 2.05) is 29.2 Å². The van der Waals surface area contributed by atoms with Crippen molar-refractivity contribution in [1.82, 2.24) is 4.90 Å². The van der Waals surface area contributed by atoms with Gasteiger partial charge in [0.05, 0.1) is 5.54 Å². The fourth-order valence-electron chi connectivity index (χ4n) is 3.66. The Labute approximate surface area is 155 Å². The molecule has 3 N–H and O–H groups in total. The Bertz CT molecular complexity index is 614. The van der Waals surface area contributed by atoms with Gasteiger partial charge in [-0.3, -0.25) is 9.59 Å². The van der Waals surface area contributed by atoms with Crippen molar-refractivity contribution in [2.75, 3.05) is 11.9 Å². The highest BCUT2D eigenvalue weighted by molar-refractivity contribution is 5.98. The molecule has 1 aromatic carbocycles. The smallest absolute Gasteiger partial charge is 0.244 e. The van der Waals surface area contributed by atoms with Crippen molar-refractivity contribution in [2.24, 2.45) is 5.73 Å². The summed E-state index contributed by atoms with van der Waals surface area (Å²) in [6.45, 7) is 1.43. The van der Waals surface area contributed by atoms with Crippen LogP contribution >= 0.6 is 12.4 Å². The third-order valence-corrected chi connectivity index (χ3v) is 5.18. The number of halogens is 1. The number of hydrogen-bond acceptors (Lipinski definition) is 3. The van der Waals surface area contributed by atoms with Gasteiger partial charge in [0.15, 0.2) is 0 Å². The summed E-state index contributed by atoms with van der Waals surface area (Å²) in [5, 5.41) is 2.97. The average Bonchev–Trinajstić information content (AvgIpc) is 2.58. The van der Waals surface area contributed by atoms with E-state index in [0.29, 0.717) is 13.0 Å². The minimum Gasteiger partial charge on any atom is -0.338 e. The van der Waals surface area contributed by atoms with E-state index in [2.05, 4.69) is 5.32 Å². The normalized spacial score (nSPS) is 19.9. The predicted molar refractivity (Wildman–Crippen MR) is 102 cm³/mol. The Morgan fingerprint density at radius 1 is 1.16 bits per heavy atom. The molecule has 25 heavy (non-hydrogen) atoms. The predicted octanol–water partition coefficient (Wildman–Crippen LogP) is 3.22. The summed E-state index contributed by atoms with van der Waals surface area (Å²) in [7, 11) is 0. The second-order valence-electron chi connectivity index (χ2n) is 7.14. The maximum absolute atomic E-state index is 12.5. The molecular formula is C19H28ClN3O2. The molecule has 0 spiro atoms. The molecule has 1 aliphatic heterocycles. The average molecular weight is 366 g/mol. The molecular weight excluding hydrogens is 338 g/mol. The van der Waals surface area contributed by atoms with Crippen LogP contribution in [-0.4, -0.2) is 28.8 Å². The van der Waals surface area contributed by atoms with Crippen molar-refractivity contribution in [3.63, 3.8) is 0 Å². The van der Waals surface area contributed by atoms with E-state index < -0.39 is 5.54 Å². The summed E-state index contributed by atoms with van der Waals surface area (Å²) < 4.78 is 0. The van der Waals surface area contributed by atoms with Crippen molar-refractivity contribution in [1.29, 1.82) is 0 Å². The van der Waals surface area contributed by atoms with E-state index in [-0.39, 0.29) is 24.2 Å². The standard InChI is InChI=1S/C19H27N3O2.ClH/c20-19(10-3-1-4-11-19)18(24)21-16-8-6-7-15(13-16)14-22-12-5-2-9-17(22)23;/h6-8,13H,1-5,9-12,14,20H2,(H,21,24);1H. The maximum atomic E-state index is 12.5. The van der Waals surface area contributed by atoms with E-state index in [0.717, 1.165) is 62.7 Å². The van der Waals surface area contributed by atoms with Gasteiger partial charge in [-0.25, -0.2) is 0 Å². The van der Waals surface area contributed by atoms with Crippen LogP contribution in [0.15, 0.2) is 24.3 Å². The van der Waals surface area contributed by atoms with Crippen LogP contribution < -0.4 is 11.1 Å². The molecule has 1 aliphatic carbocycles. The molecule has 0 bridgehead atoms. The molecule has 2 amide bonds. The lowest BCUT2D eigenvalue weighted by atomic mass is 9.82. The first-order chi connectivity index (χ1) is 11.6. The number of carbonyl (C=O) groups is 2. The van der Waals surface area contributed by atoms with E-state index in [1.165, 1.54) is 0 Å². The minimum absolute atomic E-state index is 0. The number of hydrogen-bond donors (Lipinski definition) is 2. The number of piperidine rings is 1. The third-order valence-electron chi connectivity index (χ3n) is 5.18. The second-order valence-corrected chi connectivity index (χ2v) is 7.14. The summed E-state index contributed by atoms with van der Waals surface area (Å²) >= 11 is 0. The summed E-state index contributed by atoms with van der Waals surface area (Å²) in [5.74, 6) is 0.132. The molecule has 1 saturated heterocycles. The van der Waals surface area contributed by atoms with Crippen LogP contribution in [0, 0.1) is 0 Å². The van der Waals surface area contributed by atoms with Crippen LogP contribution in [0.25, 0.3) is 0 Å². The van der Waals surface area contributed by atoms with Crippen molar-refractivity contribution in [3.05, 3.63) is 29.8 Å². The van der Waals surface area contributed by atoms with E-state index >= 15 is 0 Å². The zero-order chi connectivity index (χ0) is 17.0. The van der Waals surface area contributed by atoms with Crippen molar-refractivity contribution in [2.45, 2.75) is 63.5 Å². The van der Waals surface area contributed by atoms with Crippen molar-refractivity contribution >= 4 is 29.9 Å². The Balaban J connectivity index is 0.00000225. The molecule has 138 valence electrons. The van der Waals surface area contributed by atoms with Gasteiger partial charge in [-0.15, -0.1) is 12.4 Å². The molecule has 2 fully saturated rings. The molecule has 2 aliphatic rings. The number of anilines is 1.